The molecule has 1 unspecified atom stereocenters. The molecule has 0 aromatic rings. The molecular weight excluding hydrogens is 186 g/mol. The van der Waals surface area contributed by atoms with Crippen LogP contribution in [-0.4, -0.2) is 54.1 Å². The maximum Gasteiger partial charge on any atom is 0.0278 e. The van der Waals surface area contributed by atoms with E-state index in [1.165, 1.54) is 25.9 Å². The van der Waals surface area contributed by atoms with Crippen LogP contribution in [0.4, 0.5) is 0 Å². The van der Waals surface area contributed by atoms with E-state index < -0.39 is 0 Å². The predicted octanol–water partition coefficient (Wildman–Crippen LogP) is 0.892. The van der Waals surface area contributed by atoms with Crippen molar-refractivity contribution in [1.82, 2.24) is 9.80 Å². The Labute approximate surface area is 93.6 Å². The molecule has 0 aromatic heterocycles. The fourth-order valence-corrected chi connectivity index (χ4v) is 2.65. The van der Waals surface area contributed by atoms with Crippen molar-refractivity contribution in [1.29, 1.82) is 0 Å². The first-order valence-corrected chi connectivity index (χ1v) is 6.21. The minimum Gasteiger partial charge on any atom is -0.330 e. The van der Waals surface area contributed by atoms with Crippen LogP contribution in [0.25, 0.3) is 0 Å². The largest absolute Gasteiger partial charge is 0.330 e. The van der Waals surface area contributed by atoms with Gasteiger partial charge < -0.3 is 5.73 Å². The van der Waals surface area contributed by atoms with Crippen molar-refractivity contribution in [2.45, 2.75) is 50.7 Å². The molecule has 0 radical (unpaired) electrons. The Balaban J connectivity index is 2.04. The van der Waals surface area contributed by atoms with Crippen LogP contribution in [0, 0.1) is 0 Å². The Bertz CT molecular complexity index is 223. The topological polar surface area (TPSA) is 32.5 Å². The number of hydrogen-bond acceptors (Lipinski definition) is 3. The summed E-state index contributed by atoms with van der Waals surface area (Å²) in [7, 11) is 2.24. The minimum atomic E-state index is 0.327. The Morgan fingerprint density at radius 1 is 1.33 bits per heavy atom. The summed E-state index contributed by atoms with van der Waals surface area (Å²) in [4.78, 5) is 5.21. The number of piperazine rings is 1. The van der Waals surface area contributed by atoms with E-state index in [-0.39, 0.29) is 0 Å². The van der Waals surface area contributed by atoms with Crippen molar-refractivity contribution in [3.05, 3.63) is 0 Å². The van der Waals surface area contributed by atoms with Crippen molar-refractivity contribution in [3.8, 4) is 0 Å². The van der Waals surface area contributed by atoms with E-state index in [1.54, 1.807) is 0 Å². The van der Waals surface area contributed by atoms with Gasteiger partial charge in [0.25, 0.3) is 0 Å². The maximum atomic E-state index is 5.71. The second-order valence-electron chi connectivity index (χ2n) is 5.83. The normalized spacial score (nSPS) is 33.2. The van der Waals surface area contributed by atoms with Gasteiger partial charge in [-0.05, 0) is 46.7 Å². The zero-order chi connectivity index (χ0) is 11.1. The van der Waals surface area contributed by atoms with Crippen LogP contribution in [0.1, 0.15) is 33.1 Å². The molecule has 0 aromatic carbocycles. The standard InChI is InChI=1S/C12H25N3/c1-12(2)9-15(10-4-5-10)11(6-7-13)8-14(12)3/h10-11H,4-9,13H2,1-3H3. The van der Waals surface area contributed by atoms with E-state index in [2.05, 4.69) is 30.7 Å². The van der Waals surface area contributed by atoms with E-state index in [9.17, 15) is 0 Å². The minimum absolute atomic E-state index is 0.327. The van der Waals surface area contributed by atoms with Gasteiger partial charge in [0.1, 0.15) is 0 Å². The second kappa shape index (κ2) is 4.04. The lowest BCUT2D eigenvalue weighted by Crippen LogP contribution is -2.62. The molecule has 2 fully saturated rings. The third kappa shape index (κ3) is 2.35. The summed E-state index contributed by atoms with van der Waals surface area (Å²) in [6, 6.07) is 1.56. The van der Waals surface area contributed by atoms with E-state index >= 15 is 0 Å². The predicted molar refractivity (Wildman–Crippen MR) is 63.9 cm³/mol. The highest BCUT2D eigenvalue weighted by Crippen LogP contribution is 2.34. The van der Waals surface area contributed by atoms with Gasteiger partial charge in [0.05, 0.1) is 0 Å². The van der Waals surface area contributed by atoms with Gasteiger partial charge in [-0.1, -0.05) is 0 Å². The summed E-state index contributed by atoms with van der Waals surface area (Å²) < 4.78 is 0. The number of nitrogens with zero attached hydrogens (tertiary/aromatic N) is 2. The molecule has 1 saturated heterocycles. The molecule has 1 saturated carbocycles. The van der Waals surface area contributed by atoms with Crippen LogP contribution < -0.4 is 5.73 Å². The van der Waals surface area contributed by atoms with E-state index in [1.807, 2.05) is 0 Å². The quantitative estimate of drug-likeness (QED) is 0.752. The summed E-state index contributed by atoms with van der Waals surface area (Å²) in [6.45, 7) is 7.91. The second-order valence-corrected chi connectivity index (χ2v) is 5.83. The van der Waals surface area contributed by atoms with Crippen molar-refractivity contribution < 1.29 is 0 Å². The SMILES string of the molecule is CN1CC(CCN)N(C2CC2)CC1(C)C. The molecule has 15 heavy (non-hydrogen) atoms. The summed E-state index contributed by atoms with van der Waals surface area (Å²) in [6.07, 6.45) is 3.96. The lowest BCUT2D eigenvalue weighted by atomic mass is 9.95. The van der Waals surface area contributed by atoms with Crippen molar-refractivity contribution >= 4 is 0 Å². The van der Waals surface area contributed by atoms with Crippen molar-refractivity contribution in [3.63, 3.8) is 0 Å². The lowest BCUT2D eigenvalue weighted by Gasteiger charge is -2.50. The fraction of sp³-hybridized carbons (Fsp3) is 1.00. The molecule has 1 atom stereocenters. The maximum absolute atomic E-state index is 5.71. The highest BCUT2D eigenvalue weighted by Gasteiger charge is 2.42. The molecule has 1 aliphatic carbocycles. The van der Waals surface area contributed by atoms with Gasteiger partial charge in [0.2, 0.25) is 0 Å². The monoisotopic (exact) mass is 211 g/mol. The first-order valence-electron chi connectivity index (χ1n) is 6.21. The van der Waals surface area contributed by atoms with Gasteiger partial charge in [-0.2, -0.15) is 0 Å². The molecule has 1 heterocycles. The van der Waals surface area contributed by atoms with E-state index in [0.717, 1.165) is 19.0 Å². The molecular formula is C12H25N3. The van der Waals surface area contributed by atoms with Crippen LogP contribution in [0.15, 0.2) is 0 Å². The van der Waals surface area contributed by atoms with Crippen LogP contribution in [0.3, 0.4) is 0 Å². The molecule has 0 amide bonds. The third-order valence-electron chi connectivity index (χ3n) is 4.07. The van der Waals surface area contributed by atoms with Crippen molar-refractivity contribution in [2.24, 2.45) is 5.73 Å². The number of likely N-dealkylation sites (N-methyl/N-ethyl adjacent to an activating group) is 1. The Morgan fingerprint density at radius 3 is 2.53 bits per heavy atom. The number of hydrogen-bond donors (Lipinski definition) is 1. The van der Waals surface area contributed by atoms with Gasteiger partial charge in [0.15, 0.2) is 0 Å². The summed E-state index contributed by atoms with van der Waals surface area (Å²) in [5.41, 5.74) is 6.04. The van der Waals surface area contributed by atoms with Crippen LogP contribution in [0.2, 0.25) is 0 Å². The highest BCUT2D eigenvalue weighted by molar-refractivity contribution is 4.99. The lowest BCUT2D eigenvalue weighted by molar-refractivity contribution is -0.00795. The van der Waals surface area contributed by atoms with Gasteiger partial charge in [0, 0.05) is 30.7 Å². The van der Waals surface area contributed by atoms with E-state index in [0.29, 0.717) is 11.6 Å². The molecule has 3 nitrogen and oxygen atoms in total. The molecule has 2 rings (SSSR count). The molecule has 88 valence electrons. The number of nitrogens with two attached hydrogens (primary N) is 1. The molecule has 2 N–H and O–H groups in total. The molecule has 1 aliphatic heterocycles. The highest BCUT2D eigenvalue weighted by atomic mass is 15.3. The molecule has 3 heteroatoms. The van der Waals surface area contributed by atoms with E-state index in [4.69, 9.17) is 5.73 Å². The van der Waals surface area contributed by atoms with Crippen molar-refractivity contribution in [2.75, 3.05) is 26.7 Å². The third-order valence-corrected chi connectivity index (χ3v) is 4.07. The number of rotatable bonds is 3. The van der Waals surface area contributed by atoms with Gasteiger partial charge in [-0.3, -0.25) is 9.80 Å². The van der Waals surface area contributed by atoms with Gasteiger partial charge in [-0.15, -0.1) is 0 Å². The zero-order valence-electron chi connectivity index (χ0n) is 10.4. The summed E-state index contributed by atoms with van der Waals surface area (Å²) in [5, 5.41) is 0. The fourth-order valence-electron chi connectivity index (χ4n) is 2.65. The summed E-state index contributed by atoms with van der Waals surface area (Å²) >= 11 is 0. The first kappa shape index (κ1) is 11.4. The Hall–Kier alpha value is -0.120. The average molecular weight is 211 g/mol. The first-order chi connectivity index (χ1) is 7.04. The zero-order valence-corrected chi connectivity index (χ0v) is 10.4. The average Bonchev–Trinajstić information content (AvgIpc) is 2.95. The van der Waals surface area contributed by atoms with Gasteiger partial charge in [-0.25, -0.2) is 0 Å². The molecule has 0 spiro atoms. The van der Waals surface area contributed by atoms with Crippen LogP contribution in [-0.2, 0) is 0 Å². The van der Waals surface area contributed by atoms with Crippen LogP contribution >= 0.6 is 0 Å². The molecule has 2 aliphatic rings. The smallest absolute Gasteiger partial charge is 0.0278 e. The summed E-state index contributed by atoms with van der Waals surface area (Å²) in [5.74, 6) is 0. The Kier molecular flexibility index (Phi) is 3.06. The Morgan fingerprint density at radius 2 is 2.00 bits per heavy atom. The van der Waals surface area contributed by atoms with Crippen LogP contribution in [0.5, 0.6) is 0 Å². The van der Waals surface area contributed by atoms with Gasteiger partial charge >= 0.3 is 0 Å². The molecule has 0 bridgehead atoms.